The minimum atomic E-state index is -1.82. The van der Waals surface area contributed by atoms with E-state index >= 15 is 0 Å². The third-order valence-electron chi connectivity index (χ3n) is 5.28. The van der Waals surface area contributed by atoms with Crippen molar-refractivity contribution in [1.82, 2.24) is 9.80 Å². The summed E-state index contributed by atoms with van der Waals surface area (Å²) in [5.74, 6) is -2.20. The number of carbonyl (C=O) groups is 3. The maximum atomic E-state index is 13.0. The Morgan fingerprint density at radius 3 is 1.74 bits per heavy atom. The molecule has 0 radical (unpaired) electrons. The zero-order valence-corrected chi connectivity index (χ0v) is 19.7. The molecule has 1 heterocycles. The van der Waals surface area contributed by atoms with E-state index in [9.17, 15) is 4.79 Å². The van der Waals surface area contributed by atoms with Gasteiger partial charge in [0.15, 0.2) is 11.5 Å². The highest BCUT2D eigenvalue weighted by atomic mass is 16.5. The van der Waals surface area contributed by atoms with Gasteiger partial charge in [-0.2, -0.15) is 0 Å². The van der Waals surface area contributed by atoms with Gasteiger partial charge in [0.2, 0.25) is 5.75 Å². The van der Waals surface area contributed by atoms with Crippen LogP contribution in [0, 0.1) is 6.92 Å². The number of hydrogen-bond acceptors (Lipinski definition) is 7. The molecule has 1 amide bonds. The monoisotopic (exact) mass is 474 g/mol. The van der Waals surface area contributed by atoms with Crippen LogP contribution in [0.25, 0.3) is 0 Å². The van der Waals surface area contributed by atoms with Crippen LogP contribution in [0.5, 0.6) is 17.2 Å². The molecule has 0 spiro atoms. The largest absolute Gasteiger partial charge is 0.493 e. The Labute approximate surface area is 198 Å². The smallest absolute Gasteiger partial charge is 0.414 e. The molecule has 0 unspecified atom stereocenters. The third kappa shape index (κ3) is 7.11. The number of aliphatic carboxylic acids is 2. The quantitative estimate of drug-likeness (QED) is 0.606. The Bertz CT molecular complexity index is 962. The number of carbonyl (C=O) groups excluding carboxylic acids is 1. The summed E-state index contributed by atoms with van der Waals surface area (Å²) >= 11 is 0. The Morgan fingerprint density at radius 2 is 1.32 bits per heavy atom. The lowest BCUT2D eigenvalue weighted by Gasteiger charge is -2.35. The predicted molar refractivity (Wildman–Crippen MR) is 124 cm³/mol. The van der Waals surface area contributed by atoms with Crippen molar-refractivity contribution in [2.75, 3.05) is 47.5 Å². The fourth-order valence-electron chi connectivity index (χ4n) is 3.45. The zero-order valence-electron chi connectivity index (χ0n) is 19.7. The molecule has 2 aromatic rings. The minimum Gasteiger partial charge on any atom is -0.493 e. The van der Waals surface area contributed by atoms with Crippen LogP contribution in [0.15, 0.2) is 36.4 Å². The number of ether oxygens (including phenoxy) is 3. The second kappa shape index (κ2) is 12.4. The van der Waals surface area contributed by atoms with E-state index < -0.39 is 11.9 Å². The molecule has 2 aromatic carbocycles. The number of amides is 1. The van der Waals surface area contributed by atoms with Gasteiger partial charge in [0.05, 0.1) is 21.3 Å². The van der Waals surface area contributed by atoms with Gasteiger partial charge >= 0.3 is 11.9 Å². The molecule has 0 saturated carbocycles. The molecule has 0 aliphatic carbocycles. The van der Waals surface area contributed by atoms with Crippen molar-refractivity contribution in [3.8, 4) is 17.2 Å². The van der Waals surface area contributed by atoms with E-state index in [2.05, 4.69) is 36.1 Å². The summed E-state index contributed by atoms with van der Waals surface area (Å²) in [4.78, 5) is 35.5. The SMILES string of the molecule is COc1cc(C(=O)N2CCN(Cc3ccc(C)cc3)CC2)cc(OC)c1OC.O=C(O)C(=O)O. The topological polar surface area (TPSA) is 126 Å². The summed E-state index contributed by atoms with van der Waals surface area (Å²) in [6.45, 7) is 6.10. The third-order valence-corrected chi connectivity index (χ3v) is 5.28. The first kappa shape index (κ1) is 26.5. The number of benzene rings is 2. The molecule has 2 N–H and O–H groups in total. The van der Waals surface area contributed by atoms with Crippen LogP contribution < -0.4 is 14.2 Å². The van der Waals surface area contributed by atoms with E-state index in [4.69, 9.17) is 34.0 Å². The molecule has 184 valence electrons. The summed E-state index contributed by atoms with van der Waals surface area (Å²) in [7, 11) is 4.65. The lowest BCUT2D eigenvalue weighted by molar-refractivity contribution is -0.159. The molecule has 0 aromatic heterocycles. The summed E-state index contributed by atoms with van der Waals surface area (Å²) in [6.07, 6.45) is 0. The molecule has 10 nitrogen and oxygen atoms in total. The molecular weight excluding hydrogens is 444 g/mol. The molecule has 0 bridgehead atoms. The predicted octanol–water partition coefficient (Wildman–Crippen LogP) is 2.13. The number of aryl methyl sites for hydroxylation is 1. The van der Waals surface area contributed by atoms with E-state index in [1.807, 2.05) is 4.90 Å². The van der Waals surface area contributed by atoms with Gasteiger partial charge in [0.1, 0.15) is 0 Å². The van der Waals surface area contributed by atoms with Crippen LogP contribution in [0.4, 0.5) is 0 Å². The number of methoxy groups -OCH3 is 3. The summed E-state index contributed by atoms with van der Waals surface area (Å²) in [5, 5.41) is 14.8. The average Bonchev–Trinajstić information content (AvgIpc) is 2.84. The highest BCUT2D eigenvalue weighted by molar-refractivity contribution is 6.27. The second-order valence-electron chi connectivity index (χ2n) is 7.58. The summed E-state index contributed by atoms with van der Waals surface area (Å²) in [6, 6.07) is 12.0. The Hall–Kier alpha value is -3.79. The van der Waals surface area contributed by atoms with Gasteiger partial charge in [0, 0.05) is 38.3 Å². The van der Waals surface area contributed by atoms with Crippen molar-refractivity contribution < 1.29 is 38.8 Å². The Kier molecular flexibility index (Phi) is 9.69. The van der Waals surface area contributed by atoms with Crippen molar-refractivity contribution in [2.24, 2.45) is 0 Å². The molecule has 10 heteroatoms. The molecule has 1 fully saturated rings. The fraction of sp³-hybridized carbons (Fsp3) is 0.375. The zero-order chi connectivity index (χ0) is 25.3. The number of nitrogens with zero attached hydrogens (tertiary/aromatic N) is 2. The number of rotatable bonds is 6. The first-order valence-electron chi connectivity index (χ1n) is 10.5. The van der Waals surface area contributed by atoms with E-state index in [1.54, 1.807) is 33.5 Å². The van der Waals surface area contributed by atoms with Crippen LogP contribution >= 0.6 is 0 Å². The number of piperazine rings is 1. The molecule has 0 atom stereocenters. The average molecular weight is 475 g/mol. The number of carboxylic acid groups (broad SMARTS) is 2. The molecule has 1 aliphatic heterocycles. The van der Waals surface area contributed by atoms with Crippen molar-refractivity contribution in [3.05, 3.63) is 53.1 Å². The standard InChI is InChI=1S/C22H28N2O4.C2H2O4/c1-16-5-7-17(8-6-16)15-23-9-11-24(12-10-23)22(25)18-13-19(26-2)21(28-4)20(14-18)27-3;3-1(4)2(5)6/h5-8,13-14H,9-12,15H2,1-4H3;(H,3,4)(H,5,6). The van der Waals surface area contributed by atoms with Gasteiger partial charge < -0.3 is 29.3 Å². The maximum absolute atomic E-state index is 13.0. The van der Waals surface area contributed by atoms with E-state index in [1.165, 1.54) is 11.1 Å². The number of carboxylic acids is 2. The first-order chi connectivity index (χ1) is 16.2. The normalized spacial score (nSPS) is 13.4. The van der Waals surface area contributed by atoms with Crippen molar-refractivity contribution in [3.63, 3.8) is 0 Å². The molecule has 34 heavy (non-hydrogen) atoms. The van der Waals surface area contributed by atoms with Gasteiger partial charge in [-0.05, 0) is 24.6 Å². The van der Waals surface area contributed by atoms with Crippen molar-refractivity contribution in [1.29, 1.82) is 0 Å². The van der Waals surface area contributed by atoms with E-state index in [0.717, 1.165) is 19.6 Å². The van der Waals surface area contributed by atoms with Crippen LogP contribution in [-0.4, -0.2) is 85.4 Å². The lowest BCUT2D eigenvalue weighted by atomic mass is 10.1. The van der Waals surface area contributed by atoms with E-state index in [-0.39, 0.29) is 5.91 Å². The second-order valence-corrected chi connectivity index (χ2v) is 7.58. The molecule has 1 saturated heterocycles. The first-order valence-corrected chi connectivity index (χ1v) is 10.5. The highest BCUT2D eigenvalue weighted by Crippen LogP contribution is 2.38. The van der Waals surface area contributed by atoms with Crippen molar-refractivity contribution >= 4 is 17.8 Å². The van der Waals surface area contributed by atoms with Gasteiger partial charge in [0.25, 0.3) is 5.91 Å². The molecule has 3 rings (SSSR count). The molecule has 1 aliphatic rings. The van der Waals surface area contributed by atoms with Gasteiger partial charge in [-0.1, -0.05) is 29.8 Å². The van der Waals surface area contributed by atoms with Crippen LogP contribution in [0.2, 0.25) is 0 Å². The molecular formula is C24H30N2O8. The lowest BCUT2D eigenvalue weighted by Crippen LogP contribution is -2.48. The van der Waals surface area contributed by atoms with E-state index in [0.29, 0.717) is 35.9 Å². The van der Waals surface area contributed by atoms with Crippen molar-refractivity contribution in [2.45, 2.75) is 13.5 Å². The van der Waals surface area contributed by atoms with Crippen LogP contribution in [-0.2, 0) is 16.1 Å². The van der Waals surface area contributed by atoms with Gasteiger partial charge in [-0.3, -0.25) is 9.69 Å². The maximum Gasteiger partial charge on any atom is 0.414 e. The fourth-order valence-corrected chi connectivity index (χ4v) is 3.45. The Morgan fingerprint density at radius 1 is 0.824 bits per heavy atom. The number of hydrogen-bond donors (Lipinski definition) is 2. The van der Waals surface area contributed by atoms with Crippen LogP contribution in [0.1, 0.15) is 21.5 Å². The minimum absolute atomic E-state index is 0.0192. The van der Waals surface area contributed by atoms with Gasteiger partial charge in [-0.25, -0.2) is 9.59 Å². The summed E-state index contributed by atoms with van der Waals surface area (Å²) in [5.41, 5.74) is 3.11. The van der Waals surface area contributed by atoms with Gasteiger partial charge in [-0.15, -0.1) is 0 Å². The highest BCUT2D eigenvalue weighted by Gasteiger charge is 2.24. The Balaban J connectivity index is 0.000000604. The summed E-state index contributed by atoms with van der Waals surface area (Å²) < 4.78 is 16.1. The van der Waals surface area contributed by atoms with Crippen LogP contribution in [0.3, 0.4) is 0 Å².